The Labute approximate surface area is 189 Å². The second kappa shape index (κ2) is 11.6. The van der Waals surface area contributed by atoms with Gasteiger partial charge in [0, 0.05) is 24.7 Å². The highest BCUT2D eigenvalue weighted by atomic mass is 19.4. The van der Waals surface area contributed by atoms with E-state index in [1.807, 2.05) is 43.1 Å². The number of alkyl halides is 3. The van der Waals surface area contributed by atoms with E-state index >= 15 is 0 Å². The fourth-order valence-electron chi connectivity index (χ4n) is 3.53. The van der Waals surface area contributed by atoms with Gasteiger partial charge in [0.05, 0.1) is 5.69 Å². The van der Waals surface area contributed by atoms with E-state index in [0.717, 1.165) is 18.4 Å². The molecule has 1 aromatic carbocycles. The number of carbonyl (C=O) groups is 2. The lowest BCUT2D eigenvalue weighted by Gasteiger charge is -2.27. The molecule has 7 nitrogen and oxygen atoms in total. The van der Waals surface area contributed by atoms with Crippen molar-refractivity contribution in [3.05, 3.63) is 52.3 Å². The molecule has 1 N–H and O–H groups in total. The van der Waals surface area contributed by atoms with Crippen molar-refractivity contribution in [1.82, 2.24) is 14.7 Å². The minimum Gasteiger partial charge on any atom is -0.475 e. The van der Waals surface area contributed by atoms with Crippen molar-refractivity contribution in [3.8, 4) is 11.3 Å². The first-order valence-electron chi connectivity index (χ1n) is 10.7. The average Bonchev–Trinajstić information content (AvgIpc) is 3.04. The van der Waals surface area contributed by atoms with Crippen molar-refractivity contribution in [2.45, 2.75) is 64.2 Å². The van der Waals surface area contributed by atoms with E-state index in [1.54, 1.807) is 6.07 Å². The zero-order chi connectivity index (χ0) is 24.6. The number of likely N-dealkylation sites (N-methyl/N-ethyl adjacent to an activating group) is 1. The van der Waals surface area contributed by atoms with Gasteiger partial charge in [-0.3, -0.25) is 9.59 Å². The predicted octanol–water partition coefficient (Wildman–Crippen LogP) is 4.03. The van der Waals surface area contributed by atoms with Crippen LogP contribution < -0.4 is 5.56 Å². The zero-order valence-corrected chi connectivity index (χ0v) is 18.6. The molecule has 0 unspecified atom stereocenters. The minimum atomic E-state index is -5.08. The second-order valence-electron chi connectivity index (χ2n) is 8.03. The summed E-state index contributed by atoms with van der Waals surface area (Å²) in [4.78, 5) is 35.6. The van der Waals surface area contributed by atoms with Crippen LogP contribution in [0, 0.1) is 6.92 Å². The number of halogens is 3. The van der Waals surface area contributed by atoms with E-state index in [0.29, 0.717) is 5.69 Å². The number of hydrogen-bond acceptors (Lipinski definition) is 4. The summed E-state index contributed by atoms with van der Waals surface area (Å²) in [5.41, 5.74) is 2.56. The Balaban J connectivity index is 0.000000479. The molecule has 1 heterocycles. The van der Waals surface area contributed by atoms with Crippen LogP contribution in [0.25, 0.3) is 11.3 Å². The van der Waals surface area contributed by atoms with Gasteiger partial charge in [0.2, 0.25) is 5.91 Å². The number of nitrogens with zero attached hydrogens (tertiary/aromatic N) is 3. The number of aliphatic carboxylic acids is 1. The van der Waals surface area contributed by atoms with E-state index in [9.17, 15) is 22.8 Å². The van der Waals surface area contributed by atoms with Gasteiger partial charge in [-0.05, 0) is 25.8 Å². The van der Waals surface area contributed by atoms with Crippen LogP contribution >= 0.6 is 0 Å². The molecular formula is C23H28F3N3O4. The normalized spacial score (nSPS) is 14.6. The Morgan fingerprint density at radius 1 is 1.06 bits per heavy atom. The summed E-state index contributed by atoms with van der Waals surface area (Å²) >= 11 is 0. The first kappa shape index (κ1) is 26.1. The Hall–Kier alpha value is -3.17. The predicted molar refractivity (Wildman–Crippen MR) is 117 cm³/mol. The highest BCUT2D eigenvalue weighted by Gasteiger charge is 2.38. The maximum Gasteiger partial charge on any atom is 0.490 e. The van der Waals surface area contributed by atoms with Crippen molar-refractivity contribution >= 4 is 11.9 Å². The summed E-state index contributed by atoms with van der Waals surface area (Å²) in [6.07, 6.45) is 1.85. The first-order valence-corrected chi connectivity index (χ1v) is 10.7. The van der Waals surface area contributed by atoms with E-state index in [1.165, 1.54) is 42.0 Å². The molecule has 0 saturated heterocycles. The molecule has 1 aromatic heterocycles. The molecule has 2 aromatic rings. The summed E-state index contributed by atoms with van der Waals surface area (Å²) in [6, 6.07) is 11.5. The maximum atomic E-state index is 12.7. The highest BCUT2D eigenvalue weighted by Crippen LogP contribution is 2.21. The molecule has 1 aliphatic rings. The van der Waals surface area contributed by atoms with Crippen molar-refractivity contribution in [1.29, 1.82) is 0 Å². The second-order valence-corrected chi connectivity index (χ2v) is 8.03. The number of aryl methyl sites for hydroxylation is 1. The molecule has 1 aliphatic carbocycles. The van der Waals surface area contributed by atoms with Crippen LogP contribution in [0.2, 0.25) is 0 Å². The molecule has 0 bridgehead atoms. The summed E-state index contributed by atoms with van der Waals surface area (Å²) in [5.74, 6) is -2.81. The molecule has 1 amide bonds. The molecule has 10 heteroatoms. The van der Waals surface area contributed by atoms with Crippen LogP contribution in [0.5, 0.6) is 0 Å². The van der Waals surface area contributed by atoms with Gasteiger partial charge in [-0.1, -0.05) is 55.5 Å². The van der Waals surface area contributed by atoms with Gasteiger partial charge in [0.15, 0.2) is 0 Å². The number of carbonyl (C=O) groups excluding carboxylic acids is 1. The fourth-order valence-corrected chi connectivity index (χ4v) is 3.53. The third-order valence-electron chi connectivity index (χ3n) is 5.51. The lowest BCUT2D eigenvalue weighted by atomic mass is 10.1. The number of carboxylic acid groups (broad SMARTS) is 1. The largest absolute Gasteiger partial charge is 0.490 e. The minimum absolute atomic E-state index is 0.00840. The molecule has 3 rings (SSSR count). The van der Waals surface area contributed by atoms with Gasteiger partial charge in [-0.2, -0.15) is 18.3 Å². The van der Waals surface area contributed by atoms with E-state index in [2.05, 4.69) is 5.10 Å². The van der Waals surface area contributed by atoms with Crippen molar-refractivity contribution in [2.24, 2.45) is 0 Å². The molecule has 0 radical (unpaired) electrons. The average molecular weight is 467 g/mol. The topological polar surface area (TPSA) is 92.5 Å². The quantitative estimate of drug-likeness (QED) is 0.686. The Morgan fingerprint density at radius 2 is 1.61 bits per heavy atom. The van der Waals surface area contributed by atoms with Crippen LogP contribution in [0.15, 0.2) is 41.2 Å². The Kier molecular flexibility index (Phi) is 9.19. The van der Waals surface area contributed by atoms with Crippen molar-refractivity contribution in [3.63, 3.8) is 0 Å². The highest BCUT2D eigenvalue weighted by molar-refractivity contribution is 5.76. The number of benzene rings is 1. The van der Waals surface area contributed by atoms with Gasteiger partial charge in [0.25, 0.3) is 5.56 Å². The van der Waals surface area contributed by atoms with Gasteiger partial charge in [-0.25, -0.2) is 9.48 Å². The summed E-state index contributed by atoms with van der Waals surface area (Å²) in [7, 11) is 1.85. The number of aromatic nitrogens is 2. The maximum absolute atomic E-state index is 12.7. The van der Waals surface area contributed by atoms with Gasteiger partial charge in [-0.15, -0.1) is 0 Å². The van der Waals surface area contributed by atoms with Crippen LogP contribution in [-0.4, -0.2) is 50.9 Å². The van der Waals surface area contributed by atoms with E-state index < -0.39 is 12.1 Å². The molecule has 0 spiro atoms. The summed E-state index contributed by atoms with van der Waals surface area (Å²) in [6.45, 7) is 2.02. The number of carboxylic acids is 1. The number of rotatable bonds is 4. The van der Waals surface area contributed by atoms with Crippen LogP contribution in [0.4, 0.5) is 13.2 Å². The standard InChI is InChI=1S/C21H27N3O2.C2HF3O2/c1-16-9-11-17(12-10-16)19-13-14-20(25)24(22-19)15-21(26)23(2)18-7-5-3-4-6-8-18;3-2(4,5)1(6)7/h9-14,18H,3-8,15H2,1-2H3;(H,6,7). The van der Waals surface area contributed by atoms with Crippen LogP contribution in [0.1, 0.15) is 44.1 Å². The Morgan fingerprint density at radius 3 is 2.12 bits per heavy atom. The van der Waals surface area contributed by atoms with Crippen LogP contribution in [0.3, 0.4) is 0 Å². The zero-order valence-electron chi connectivity index (χ0n) is 18.6. The van der Waals surface area contributed by atoms with Crippen LogP contribution in [-0.2, 0) is 16.1 Å². The molecule has 180 valence electrons. The third kappa shape index (κ3) is 8.03. The smallest absolute Gasteiger partial charge is 0.475 e. The summed E-state index contributed by atoms with van der Waals surface area (Å²) < 4.78 is 33.0. The Bertz CT molecular complexity index is 995. The molecule has 1 saturated carbocycles. The van der Waals surface area contributed by atoms with Crippen molar-refractivity contribution in [2.75, 3.05) is 7.05 Å². The fraction of sp³-hybridized carbons (Fsp3) is 0.478. The monoisotopic (exact) mass is 467 g/mol. The van der Waals surface area contributed by atoms with Gasteiger partial charge >= 0.3 is 12.1 Å². The molecule has 0 aliphatic heterocycles. The van der Waals surface area contributed by atoms with E-state index in [4.69, 9.17) is 9.90 Å². The third-order valence-corrected chi connectivity index (χ3v) is 5.51. The number of amides is 1. The molecule has 0 atom stereocenters. The van der Waals surface area contributed by atoms with Crippen molar-refractivity contribution < 1.29 is 27.9 Å². The number of hydrogen-bond donors (Lipinski definition) is 1. The lowest BCUT2D eigenvalue weighted by molar-refractivity contribution is -0.192. The molecule has 1 fully saturated rings. The first-order chi connectivity index (χ1) is 15.5. The van der Waals surface area contributed by atoms with Gasteiger partial charge in [0.1, 0.15) is 6.54 Å². The van der Waals surface area contributed by atoms with E-state index in [-0.39, 0.29) is 24.1 Å². The van der Waals surface area contributed by atoms with Gasteiger partial charge < -0.3 is 10.0 Å². The SMILES string of the molecule is Cc1ccc(-c2ccc(=O)n(CC(=O)N(C)C3CCCCCC3)n2)cc1.O=C(O)C(F)(F)F. The molecule has 33 heavy (non-hydrogen) atoms. The lowest BCUT2D eigenvalue weighted by Crippen LogP contribution is -2.40. The molecular weight excluding hydrogens is 439 g/mol. The summed E-state index contributed by atoms with van der Waals surface area (Å²) in [5, 5.41) is 11.5.